The molecule has 4 rings (SSSR count). The Labute approximate surface area is 155 Å². The molecule has 3 aromatic rings. The van der Waals surface area contributed by atoms with Crippen LogP contribution in [0.5, 0.6) is 5.19 Å². The highest BCUT2D eigenvalue weighted by atomic mass is 32.2. The van der Waals surface area contributed by atoms with Gasteiger partial charge in [0.25, 0.3) is 5.19 Å². The van der Waals surface area contributed by atoms with Crippen LogP contribution < -0.4 is 4.74 Å². The molecule has 0 unspecified atom stereocenters. The van der Waals surface area contributed by atoms with Crippen LogP contribution in [-0.2, 0) is 10.0 Å². The first-order valence-corrected chi connectivity index (χ1v) is 10.6. The molecule has 0 amide bonds. The van der Waals surface area contributed by atoms with E-state index in [4.69, 9.17) is 4.74 Å². The summed E-state index contributed by atoms with van der Waals surface area (Å²) in [5.74, 6) is -0.722. The van der Waals surface area contributed by atoms with Gasteiger partial charge in [0.05, 0.1) is 10.2 Å². The lowest BCUT2D eigenvalue weighted by atomic mass is 10.1. The smallest absolute Gasteiger partial charge is 0.274 e. The predicted molar refractivity (Wildman–Crippen MR) is 98.4 cm³/mol. The Balaban J connectivity index is 1.43. The minimum absolute atomic E-state index is 0.0948. The van der Waals surface area contributed by atoms with Crippen LogP contribution >= 0.6 is 11.3 Å². The molecule has 0 N–H and O–H groups in total. The molecule has 8 heteroatoms. The fourth-order valence-electron chi connectivity index (χ4n) is 3.03. The summed E-state index contributed by atoms with van der Waals surface area (Å²) in [5, 5.41) is 0.599. The number of aromatic nitrogens is 1. The normalized spacial score (nSPS) is 16.8. The molecule has 0 saturated carbocycles. The topological polar surface area (TPSA) is 59.5 Å². The maximum Gasteiger partial charge on any atom is 0.274 e. The molecule has 0 atom stereocenters. The van der Waals surface area contributed by atoms with Gasteiger partial charge in [-0.15, -0.1) is 0 Å². The fourth-order valence-corrected chi connectivity index (χ4v) is 5.44. The summed E-state index contributed by atoms with van der Waals surface area (Å²) in [5.41, 5.74) is 0.895. The highest BCUT2D eigenvalue weighted by Crippen LogP contribution is 2.30. The number of nitrogens with zero attached hydrogens (tertiary/aromatic N) is 2. The van der Waals surface area contributed by atoms with Gasteiger partial charge in [0, 0.05) is 13.1 Å². The molecular weight excluding hydrogens is 375 g/mol. The fraction of sp³-hybridized carbons (Fsp3) is 0.278. The zero-order chi connectivity index (χ0) is 18.1. The van der Waals surface area contributed by atoms with Crippen molar-refractivity contribution in [1.82, 2.24) is 9.29 Å². The Morgan fingerprint density at radius 1 is 1.08 bits per heavy atom. The molecule has 0 radical (unpaired) electrons. The summed E-state index contributed by atoms with van der Waals surface area (Å²) in [6.45, 7) is 0.596. The van der Waals surface area contributed by atoms with Gasteiger partial charge in [0.15, 0.2) is 0 Å². The summed E-state index contributed by atoms with van der Waals surface area (Å²) in [7, 11) is -3.82. The number of hydrogen-bond acceptors (Lipinski definition) is 5. The number of rotatable bonds is 4. The van der Waals surface area contributed by atoms with E-state index in [0.29, 0.717) is 31.1 Å². The first-order valence-electron chi connectivity index (χ1n) is 8.31. The molecule has 5 nitrogen and oxygen atoms in total. The summed E-state index contributed by atoms with van der Waals surface area (Å²) in [4.78, 5) is 4.18. The summed E-state index contributed by atoms with van der Waals surface area (Å²) >= 11 is 1.48. The summed E-state index contributed by atoms with van der Waals surface area (Å²) < 4.78 is 47.4. The van der Waals surface area contributed by atoms with Crippen LogP contribution in [0.15, 0.2) is 53.4 Å². The van der Waals surface area contributed by atoms with E-state index in [-0.39, 0.29) is 11.0 Å². The molecular formula is C18H17FN2O3S2. The van der Waals surface area contributed by atoms with Crippen molar-refractivity contribution in [2.45, 2.75) is 23.8 Å². The standard InChI is InChI=1S/C18H17FN2O3S2/c19-14-5-1-4-8-17(14)26(22,23)21-11-9-13(10-12-21)24-18-20-15-6-2-3-7-16(15)25-18/h1-8,13H,9-12H2. The molecule has 1 aliphatic rings. The predicted octanol–water partition coefficient (Wildman–Crippen LogP) is 3.67. The molecule has 2 heterocycles. The van der Waals surface area contributed by atoms with Crippen LogP contribution in [0.2, 0.25) is 0 Å². The zero-order valence-electron chi connectivity index (χ0n) is 13.8. The number of para-hydroxylation sites is 1. The number of halogens is 1. The monoisotopic (exact) mass is 392 g/mol. The van der Waals surface area contributed by atoms with Crippen molar-refractivity contribution < 1.29 is 17.5 Å². The first-order chi connectivity index (χ1) is 12.5. The minimum atomic E-state index is -3.82. The van der Waals surface area contributed by atoms with Gasteiger partial charge in [-0.2, -0.15) is 4.31 Å². The van der Waals surface area contributed by atoms with E-state index in [2.05, 4.69) is 4.98 Å². The van der Waals surface area contributed by atoms with Crippen LogP contribution in [0.4, 0.5) is 4.39 Å². The lowest BCUT2D eigenvalue weighted by Gasteiger charge is -2.30. The van der Waals surface area contributed by atoms with E-state index in [1.54, 1.807) is 0 Å². The molecule has 1 saturated heterocycles. The van der Waals surface area contributed by atoms with E-state index < -0.39 is 15.8 Å². The maximum atomic E-state index is 13.9. The maximum absolute atomic E-state index is 13.9. The van der Waals surface area contributed by atoms with Gasteiger partial charge in [-0.05, 0) is 37.1 Å². The van der Waals surface area contributed by atoms with Crippen molar-refractivity contribution in [3.8, 4) is 5.19 Å². The van der Waals surface area contributed by atoms with Gasteiger partial charge in [0.2, 0.25) is 10.0 Å². The van der Waals surface area contributed by atoms with Crippen LogP contribution in [-0.4, -0.2) is 36.9 Å². The van der Waals surface area contributed by atoms with Gasteiger partial charge in [-0.1, -0.05) is 35.6 Å². The van der Waals surface area contributed by atoms with Crippen LogP contribution in [0, 0.1) is 5.82 Å². The van der Waals surface area contributed by atoms with Gasteiger partial charge in [0.1, 0.15) is 16.8 Å². The van der Waals surface area contributed by atoms with Crippen molar-refractivity contribution in [1.29, 1.82) is 0 Å². The second-order valence-electron chi connectivity index (χ2n) is 6.10. The highest BCUT2D eigenvalue weighted by molar-refractivity contribution is 7.89. The molecule has 1 aliphatic heterocycles. The second kappa shape index (κ2) is 6.94. The van der Waals surface area contributed by atoms with Crippen molar-refractivity contribution in [2.24, 2.45) is 0 Å². The Morgan fingerprint density at radius 2 is 1.77 bits per heavy atom. The van der Waals surface area contributed by atoms with E-state index >= 15 is 0 Å². The van der Waals surface area contributed by atoms with Crippen LogP contribution in [0.1, 0.15) is 12.8 Å². The average molecular weight is 392 g/mol. The third-order valence-electron chi connectivity index (χ3n) is 4.40. The number of fused-ring (bicyclic) bond motifs is 1. The zero-order valence-corrected chi connectivity index (χ0v) is 15.5. The molecule has 2 aromatic carbocycles. The van der Waals surface area contributed by atoms with Gasteiger partial charge >= 0.3 is 0 Å². The molecule has 1 aromatic heterocycles. The van der Waals surface area contributed by atoms with E-state index in [9.17, 15) is 12.8 Å². The third kappa shape index (κ3) is 3.32. The Kier molecular flexibility index (Phi) is 4.64. The first kappa shape index (κ1) is 17.4. The van der Waals surface area contributed by atoms with Gasteiger partial charge in [-0.3, -0.25) is 0 Å². The van der Waals surface area contributed by atoms with Gasteiger partial charge in [-0.25, -0.2) is 17.8 Å². The van der Waals surface area contributed by atoms with E-state index in [1.807, 2.05) is 24.3 Å². The minimum Gasteiger partial charge on any atom is -0.467 e. The summed E-state index contributed by atoms with van der Waals surface area (Å²) in [6.07, 6.45) is 0.996. The third-order valence-corrected chi connectivity index (χ3v) is 7.26. The van der Waals surface area contributed by atoms with Crippen molar-refractivity contribution in [3.63, 3.8) is 0 Å². The van der Waals surface area contributed by atoms with E-state index in [0.717, 1.165) is 16.3 Å². The molecule has 136 valence electrons. The number of sulfonamides is 1. The number of piperidine rings is 1. The Hall–Kier alpha value is -2.03. The van der Waals surface area contributed by atoms with Crippen molar-refractivity contribution in [2.75, 3.05) is 13.1 Å². The second-order valence-corrected chi connectivity index (χ2v) is 9.00. The quantitative estimate of drug-likeness (QED) is 0.680. The molecule has 0 spiro atoms. The number of benzene rings is 2. The number of thiazole rings is 1. The van der Waals surface area contributed by atoms with E-state index in [1.165, 1.54) is 33.8 Å². The van der Waals surface area contributed by atoms with Crippen LogP contribution in [0.25, 0.3) is 10.2 Å². The number of ether oxygens (including phenoxy) is 1. The average Bonchev–Trinajstić information content (AvgIpc) is 3.04. The lowest BCUT2D eigenvalue weighted by Crippen LogP contribution is -2.41. The lowest BCUT2D eigenvalue weighted by molar-refractivity contribution is 0.135. The Morgan fingerprint density at radius 3 is 2.50 bits per heavy atom. The van der Waals surface area contributed by atoms with Crippen LogP contribution in [0.3, 0.4) is 0 Å². The largest absolute Gasteiger partial charge is 0.467 e. The molecule has 26 heavy (non-hydrogen) atoms. The Bertz CT molecular complexity index is 995. The van der Waals surface area contributed by atoms with Gasteiger partial charge < -0.3 is 4.74 Å². The molecule has 1 fully saturated rings. The molecule has 0 aliphatic carbocycles. The van der Waals surface area contributed by atoms with Crippen molar-refractivity contribution >= 4 is 31.6 Å². The number of hydrogen-bond donors (Lipinski definition) is 0. The summed E-state index contributed by atoms with van der Waals surface area (Å²) in [6, 6.07) is 13.3. The molecule has 0 bridgehead atoms. The SMILES string of the molecule is O=S(=O)(c1ccccc1F)N1CCC(Oc2nc3ccccc3s2)CC1. The van der Waals surface area contributed by atoms with Crippen molar-refractivity contribution in [3.05, 3.63) is 54.3 Å². The highest BCUT2D eigenvalue weighted by Gasteiger charge is 2.32.